The van der Waals surface area contributed by atoms with Gasteiger partial charge in [0, 0.05) is 6.04 Å². The van der Waals surface area contributed by atoms with Crippen molar-refractivity contribution in [2.45, 2.75) is 44.9 Å². The maximum Gasteiger partial charge on any atom is 0.0975 e. The maximum absolute atomic E-state index is 12.0. The molecule has 1 rings (SSSR count). The first-order valence-electron chi connectivity index (χ1n) is 5.68. The van der Waals surface area contributed by atoms with Crippen LogP contribution < -0.4 is 4.72 Å². The first-order chi connectivity index (χ1) is 7.45. The summed E-state index contributed by atoms with van der Waals surface area (Å²) >= 11 is 0. The van der Waals surface area contributed by atoms with Crippen molar-refractivity contribution in [1.29, 1.82) is 0 Å². The van der Waals surface area contributed by atoms with E-state index in [-0.39, 0.29) is 10.8 Å². The van der Waals surface area contributed by atoms with Crippen LogP contribution in [0.5, 0.6) is 0 Å². The van der Waals surface area contributed by atoms with Gasteiger partial charge in [-0.25, -0.2) is 8.93 Å². The van der Waals surface area contributed by atoms with Gasteiger partial charge in [-0.15, -0.1) is 0 Å². The minimum absolute atomic E-state index is 0.168. The van der Waals surface area contributed by atoms with Crippen molar-refractivity contribution in [1.82, 2.24) is 4.72 Å². The Kier molecular flexibility index (Phi) is 4.69. The standard InChI is InChI=1S/C13H21NOS/c1-5-12(11-9-7-6-8-10-11)14-16(15)13(2,3)4/h6-10,12,14H,5H2,1-4H3/t12-,16-/m0/s1. The summed E-state index contributed by atoms with van der Waals surface area (Å²) in [4.78, 5) is 0. The molecule has 90 valence electrons. The molecule has 0 aromatic heterocycles. The fourth-order valence-electron chi connectivity index (χ4n) is 1.38. The van der Waals surface area contributed by atoms with Crippen molar-refractivity contribution in [3.63, 3.8) is 0 Å². The van der Waals surface area contributed by atoms with E-state index < -0.39 is 11.0 Å². The number of hydrogen-bond donors (Lipinski definition) is 1. The zero-order valence-corrected chi connectivity index (χ0v) is 11.3. The number of rotatable bonds is 4. The molecule has 1 aromatic carbocycles. The van der Waals surface area contributed by atoms with Gasteiger partial charge in [0.15, 0.2) is 0 Å². The highest BCUT2D eigenvalue weighted by molar-refractivity contribution is 7.84. The lowest BCUT2D eigenvalue weighted by atomic mass is 10.1. The molecular weight excluding hydrogens is 218 g/mol. The Hall–Kier alpha value is -0.670. The molecule has 0 saturated carbocycles. The minimum Gasteiger partial charge on any atom is -0.242 e. The van der Waals surface area contributed by atoms with Gasteiger partial charge in [0.2, 0.25) is 0 Å². The molecule has 1 aromatic rings. The van der Waals surface area contributed by atoms with Crippen LogP contribution in [0.3, 0.4) is 0 Å². The Morgan fingerprint density at radius 1 is 1.25 bits per heavy atom. The Bertz CT molecular complexity index is 343. The van der Waals surface area contributed by atoms with Gasteiger partial charge in [0.05, 0.1) is 15.7 Å². The SMILES string of the molecule is CC[C@H](N[S@@](=O)C(C)(C)C)c1ccccc1. The summed E-state index contributed by atoms with van der Waals surface area (Å²) in [7, 11) is -1.02. The predicted molar refractivity (Wildman–Crippen MR) is 70.5 cm³/mol. The molecule has 0 amide bonds. The third kappa shape index (κ3) is 3.72. The molecule has 0 aliphatic heterocycles. The second-order valence-corrected chi connectivity index (χ2v) is 6.87. The molecule has 0 heterocycles. The molecule has 0 saturated heterocycles. The first kappa shape index (κ1) is 13.4. The lowest BCUT2D eigenvalue weighted by Gasteiger charge is -2.23. The predicted octanol–water partition coefficient (Wildman–Crippen LogP) is 3.19. The summed E-state index contributed by atoms with van der Waals surface area (Å²) in [5.41, 5.74) is 1.20. The van der Waals surface area contributed by atoms with Gasteiger partial charge >= 0.3 is 0 Å². The molecule has 16 heavy (non-hydrogen) atoms. The van der Waals surface area contributed by atoms with E-state index in [4.69, 9.17) is 0 Å². The monoisotopic (exact) mass is 239 g/mol. The third-order valence-corrected chi connectivity index (χ3v) is 4.03. The normalized spacial score (nSPS) is 15.8. The average Bonchev–Trinajstić information content (AvgIpc) is 2.25. The Morgan fingerprint density at radius 2 is 1.81 bits per heavy atom. The summed E-state index contributed by atoms with van der Waals surface area (Å²) in [5, 5.41) is 0. The Balaban J connectivity index is 2.75. The Labute approximate surface area is 101 Å². The highest BCUT2D eigenvalue weighted by Crippen LogP contribution is 2.19. The molecule has 0 bridgehead atoms. The quantitative estimate of drug-likeness (QED) is 0.859. The Morgan fingerprint density at radius 3 is 2.25 bits per heavy atom. The zero-order chi connectivity index (χ0) is 12.2. The summed E-state index contributed by atoms with van der Waals surface area (Å²) in [5.74, 6) is 0. The second kappa shape index (κ2) is 5.60. The molecule has 0 fully saturated rings. The van der Waals surface area contributed by atoms with E-state index in [1.807, 2.05) is 39.0 Å². The van der Waals surface area contributed by atoms with E-state index in [0.717, 1.165) is 6.42 Å². The lowest BCUT2D eigenvalue weighted by molar-refractivity contribution is 0.589. The van der Waals surface area contributed by atoms with Crippen molar-refractivity contribution in [2.75, 3.05) is 0 Å². The van der Waals surface area contributed by atoms with E-state index >= 15 is 0 Å². The van der Waals surface area contributed by atoms with E-state index in [0.29, 0.717) is 0 Å². The molecule has 0 aliphatic rings. The zero-order valence-electron chi connectivity index (χ0n) is 10.5. The fraction of sp³-hybridized carbons (Fsp3) is 0.538. The van der Waals surface area contributed by atoms with Gasteiger partial charge in [0.25, 0.3) is 0 Å². The van der Waals surface area contributed by atoms with Crippen LogP contribution in [-0.2, 0) is 11.0 Å². The number of benzene rings is 1. The van der Waals surface area contributed by atoms with Crippen LogP contribution in [-0.4, -0.2) is 8.96 Å². The van der Waals surface area contributed by atoms with Crippen LogP contribution in [0.4, 0.5) is 0 Å². The average molecular weight is 239 g/mol. The first-order valence-corrected chi connectivity index (χ1v) is 6.83. The molecule has 0 spiro atoms. The van der Waals surface area contributed by atoms with Crippen molar-refractivity contribution in [2.24, 2.45) is 0 Å². The summed E-state index contributed by atoms with van der Waals surface area (Å²) in [6.45, 7) is 8.04. The van der Waals surface area contributed by atoms with Crippen LogP contribution in [0, 0.1) is 0 Å². The van der Waals surface area contributed by atoms with Gasteiger partial charge in [-0.2, -0.15) is 0 Å². The van der Waals surface area contributed by atoms with Crippen molar-refractivity contribution in [3.8, 4) is 0 Å². The van der Waals surface area contributed by atoms with Gasteiger partial charge < -0.3 is 0 Å². The van der Waals surface area contributed by atoms with Crippen molar-refractivity contribution >= 4 is 11.0 Å². The lowest BCUT2D eigenvalue weighted by Crippen LogP contribution is -2.35. The van der Waals surface area contributed by atoms with E-state index in [1.165, 1.54) is 5.56 Å². The van der Waals surface area contributed by atoms with Gasteiger partial charge in [-0.05, 0) is 32.8 Å². The summed E-state index contributed by atoms with van der Waals surface area (Å²) in [6.07, 6.45) is 0.936. The molecule has 1 N–H and O–H groups in total. The van der Waals surface area contributed by atoms with Crippen LogP contribution in [0.25, 0.3) is 0 Å². The minimum atomic E-state index is -1.02. The van der Waals surface area contributed by atoms with Crippen molar-refractivity contribution < 1.29 is 4.21 Å². The molecule has 3 heteroatoms. The number of nitrogens with one attached hydrogen (secondary N) is 1. The maximum atomic E-state index is 12.0. The molecule has 0 aliphatic carbocycles. The third-order valence-electron chi connectivity index (χ3n) is 2.42. The van der Waals surface area contributed by atoms with Gasteiger partial charge in [-0.3, -0.25) is 0 Å². The molecule has 2 atom stereocenters. The topological polar surface area (TPSA) is 29.1 Å². The smallest absolute Gasteiger partial charge is 0.0975 e. The summed E-state index contributed by atoms with van der Waals surface area (Å²) < 4.78 is 15.0. The van der Waals surface area contributed by atoms with E-state index in [2.05, 4.69) is 23.8 Å². The van der Waals surface area contributed by atoms with Crippen LogP contribution in [0.1, 0.15) is 45.7 Å². The van der Waals surface area contributed by atoms with Gasteiger partial charge in [0.1, 0.15) is 0 Å². The molecule has 0 radical (unpaired) electrons. The van der Waals surface area contributed by atoms with E-state index in [9.17, 15) is 4.21 Å². The second-order valence-electron chi connectivity index (χ2n) is 4.87. The van der Waals surface area contributed by atoms with Crippen molar-refractivity contribution in [3.05, 3.63) is 35.9 Å². The highest BCUT2D eigenvalue weighted by atomic mass is 32.2. The number of hydrogen-bond acceptors (Lipinski definition) is 1. The van der Waals surface area contributed by atoms with E-state index in [1.54, 1.807) is 0 Å². The highest BCUT2D eigenvalue weighted by Gasteiger charge is 2.22. The van der Waals surface area contributed by atoms with Crippen LogP contribution in [0.15, 0.2) is 30.3 Å². The molecule has 2 nitrogen and oxygen atoms in total. The largest absolute Gasteiger partial charge is 0.242 e. The summed E-state index contributed by atoms with van der Waals surface area (Å²) in [6, 6.07) is 10.3. The van der Waals surface area contributed by atoms with Gasteiger partial charge in [-0.1, -0.05) is 37.3 Å². The van der Waals surface area contributed by atoms with Crippen LogP contribution in [0.2, 0.25) is 0 Å². The molecule has 0 unspecified atom stereocenters. The molecular formula is C13H21NOS. The fourth-order valence-corrected chi connectivity index (χ4v) is 2.29. The van der Waals surface area contributed by atoms with Crippen LogP contribution >= 0.6 is 0 Å².